The summed E-state index contributed by atoms with van der Waals surface area (Å²) < 4.78 is 36.7. The molecule has 1 fully saturated rings. The number of aryl methyl sites for hydroxylation is 1. The largest absolute Gasteiger partial charge is 0.401 e. The molecule has 0 amide bonds. The second kappa shape index (κ2) is 5.92. The first-order chi connectivity index (χ1) is 8.94. The molecule has 1 aliphatic rings. The van der Waals surface area contributed by atoms with Crippen LogP contribution >= 0.6 is 0 Å². The van der Waals surface area contributed by atoms with Gasteiger partial charge < -0.3 is 5.32 Å². The summed E-state index contributed by atoms with van der Waals surface area (Å²) in [5.74, 6) is 0.301. The highest BCUT2D eigenvalue weighted by atomic mass is 19.4. The van der Waals surface area contributed by atoms with Crippen molar-refractivity contribution in [2.45, 2.75) is 26.1 Å². The van der Waals surface area contributed by atoms with Gasteiger partial charge in [-0.05, 0) is 32.4 Å². The van der Waals surface area contributed by atoms with Crippen molar-refractivity contribution in [2.75, 3.05) is 26.2 Å². The second-order valence-electron chi connectivity index (χ2n) is 5.16. The van der Waals surface area contributed by atoms with Crippen LogP contribution in [0.25, 0.3) is 0 Å². The molecule has 7 heteroatoms. The average Bonchev–Trinajstić information content (AvgIpc) is 2.87. The zero-order valence-electron chi connectivity index (χ0n) is 10.9. The van der Waals surface area contributed by atoms with Gasteiger partial charge in [0.25, 0.3) is 0 Å². The number of alkyl halides is 3. The average molecular weight is 276 g/mol. The standard InChI is InChI=1S/C12H19F3N4/c1-9-11(6-17-18-9)5-16-4-10-2-3-19(7-10)8-12(13,14)15/h6,10,16H,2-5,7-8H2,1H3,(H,17,18). The van der Waals surface area contributed by atoms with Gasteiger partial charge in [0, 0.05) is 24.3 Å². The molecule has 1 aliphatic heterocycles. The molecule has 1 atom stereocenters. The molecule has 0 bridgehead atoms. The van der Waals surface area contributed by atoms with Crippen LogP contribution in [-0.4, -0.2) is 47.5 Å². The number of nitrogens with one attached hydrogen (secondary N) is 2. The Morgan fingerprint density at radius 2 is 2.32 bits per heavy atom. The number of hydrogen-bond donors (Lipinski definition) is 2. The molecule has 0 aromatic carbocycles. The lowest BCUT2D eigenvalue weighted by atomic mass is 10.1. The minimum Gasteiger partial charge on any atom is -0.312 e. The van der Waals surface area contributed by atoms with Crippen molar-refractivity contribution in [3.63, 3.8) is 0 Å². The number of hydrogen-bond acceptors (Lipinski definition) is 3. The third-order valence-corrected chi connectivity index (χ3v) is 3.46. The molecular weight excluding hydrogens is 257 g/mol. The number of nitrogens with zero attached hydrogens (tertiary/aromatic N) is 2. The van der Waals surface area contributed by atoms with Crippen LogP contribution in [0.2, 0.25) is 0 Å². The predicted octanol–water partition coefficient (Wildman–Crippen LogP) is 1.69. The number of likely N-dealkylation sites (tertiary alicyclic amines) is 1. The lowest BCUT2D eigenvalue weighted by molar-refractivity contribution is -0.143. The first-order valence-electron chi connectivity index (χ1n) is 6.43. The fourth-order valence-corrected chi connectivity index (χ4v) is 2.44. The summed E-state index contributed by atoms with van der Waals surface area (Å²) in [6.45, 7) is 3.68. The number of rotatable bonds is 5. The maximum absolute atomic E-state index is 12.2. The predicted molar refractivity (Wildman–Crippen MR) is 65.6 cm³/mol. The quantitative estimate of drug-likeness (QED) is 0.860. The molecule has 1 aromatic heterocycles. The molecule has 2 N–H and O–H groups in total. The summed E-state index contributed by atoms with van der Waals surface area (Å²) in [7, 11) is 0. The van der Waals surface area contributed by atoms with Crippen molar-refractivity contribution in [2.24, 2.45) is 5.92 Å². The normalized spacial score (nSPS) is 21.2. The molecule has 0 spiro atoms. The van der Waals surface area contributed by atoms with Crippen LogP contribution in [0.15, 0.2) is 6.20 Å². The minimum absolute atomic E-state index is 0.301. The van der Waals surface area contributed by atoms with Gasteiger partial charge >= 0.3 is 6.18 Å². The van der Waals surface area contributed by atoms with E-state index in [9.17, 15) is 13.2 Å². The van der Waals surface area contributed by atoms with E-state index in [0.717, 1.165) is 24.2 Å². The Morgan fingerprint density at radius 3 is 2.95 bits per heavy atom. The van der Waals surface area contributed by atoms with E-state index in [0.29, 0.717) is 25.6 Å². The third-order valence-electron chi connectivity index (χ3n) is 3.46. The first-order valence-corrected chi connectivity index (χ1v) is 6.43. The molecule has 1 aromatic rings. The van der Waals surface area contributed by atoms with Crippen LogP contribution in [0.4, 0.5) is 13.2 Å². The van der Waals surface area contributed by atoms with Gasteiger partial charge in [0.15, 0.2) is 0 Å². The SMILES string of the molecule is Cc1[nH]ncc1CNCC1CCN(CC(F)(F)F)C1. The van der Waals surface area contributed by atoms with Gasteiger partial charge in [-0.15, -0.1) is 0 Å². The molecule has 1 unspecified atom stereocenters. The fourth-order valence-electron chi connectivity index (χ4n) is 2.44. The topological polar surface area (TPSA) is 44.0 Å². The van der Waals surface area contributed by atoms with Crippen molar-refractivity contribution >= 4 is 0 Å². The Bertz CT molecular complexity index is 402. The van der Waals surface area contributed by atoms with E-state index in [1.807, 2.05) is 6.92 Å². The van der Waals surface area contributed by atoms with Gasteiger partial charge in [0.1, 0.15) is 0 Å². The van der Waals surface area contributed by atoms with Gasteiger partial charge in [-0.25, -0.2) is 0 Å². The van der Waals surface area contributed by atoms with E-state index in [4.69, 9.17) is 0 Å². The summed E-state index contributed by atoms with van der Waals surface area (Å²) in [5, 5.41) is 10.1. The monoisotopic (exact) mass is 276 g/mol. The van der Waals surface area contributed by atoms with E-state index in [1.165, 1.54) is 4.90 Å². The summed E-state index contributed by atoms with van der Waals surface area (Å²) in [4.78, 5) is 1.48. The first kappa shape index (κ1) is 14.3. The number of aromatic nitrogens is 2. The Balaban J connectivity index is 1.67. The van der Waals surface area contributed by atoms with E-state index < -0.39 is 12.7 Å². The Kier molecular flexibility index (Phi) is 4.46. The van der Waals surface area contributed by atoms with Crippen LogP contribution in [0.1, 0.15) is 17.7 Å². The molecule has 0 aliphatic carbocycles. The summed E-state index contributed by atoms with van der Waals surface area (Å²) in [5.41, 5.74) is 2.13. The maximum Gasteiger partial charge on any atom is 0.401 e. The Labute approximate surface area is 110 Å². The van der Waals surface area contributed by atoms with Crippen molar-refractivity contribution in [3.05, 3.63) is 17.5 Å². The Hall–Kier alpha value is -1.08. The lowest BCUT2D eigenvalue weighted by Gasteiger charge is -2.18. The highest BCUT2D eigenvalue weighted by Gasteiger charge is 2.34. The molecule has 108 valence electrons. The zero-order chi connectivity index (χ0) is 13.9. The van der Waals surface area contributed by atoms with Gasteiger partial charge in [0.2, 0.25) is 0 Å². The second-order valence-corrected chi connectivity index (χ2v) is 5.16. The third kappa shape index (κ3) is 4.50. The number of halogens is 3. The number of H-pyrrole nitrogens is 1. The van der Waals surface area contributed by atoms with Crippen molar-refractivity contribution in [1.82, 2.24) is 20.4 Å². The van der Waals surface area contributed by atoms with E-state index in [1.54, 1.807) is 6.20 Å². The highest BCUT2D eigenvalue weighted by Crippen LogP contribution is 2.22. The van der Waals surface area contributed by atoms with Crippen LogP contribution in [-0.2, 0) is 6.54 Å². The molecule has 0 saturated carbocycles. The van der Waals surface area contributed by atoms with Gasteiger partial charge in [-0.2, -0.15) is 18.3 Å². The molecule has 4 nitrogen and oxygen atoms in total. The smallest absolute Gasteiger partial charge is 0.312 e. The molecule has 19 heavy (non-hydrogen) atoms. The van der Waals surface area contributed by atoms with Gasteiger partial charge in [-0.1, -0.05) is 0 Å². The number of aromatic amines is 1. The van der Waals surface area contributed by atoms with Gasteiger partial charge in [0.05, 0.1) is 12.7 Å². The van der Waals surface area contributed by atoms with Crippen molar-refractivity contribution < 1.29 is 13.2 Å². The van der Waals surface area contributed by atoms with Crippen LogP contribution < -0.4 is 5.32 Å². The van der Waals surface area contributed by atoms with E-state index in [-0.39, 0.29) is 0 Å². The minimum atomic E-state index is -4.09. The van der Waals surface area contributed by atoms with E-state index in [2.05, 4.69) is 15.5 Å². The van der Waals surface area contributed by atoms with Crippen LogP contribution in [0.3, 0.4) is 0 Å². The van der Waals surface area contributed by atoms with Crippen LogP contribution in [0.5, 0.6) is 0 Å². The van der Waals surface area contributed by atoms with Crippen molar-refractivity contribution in [1.29, 1.82) is 0 Å². The molecule has 1 saturated heterocycles. The van der Waals surface area contributed by atoms with E-state index >= 15 is 0 Å². The summed E-state index contributed by atoms with van der Waals surface area (Å²) >= 11 is 0. The highest BCUT2D eigenvalue weighted by molar-refractivity contribution is 5.13. The molecule has 0 radical (unpaired) electrons. The molecule has 2 rings (SSSR count). The zero-order valence-corrected chi connectivity index (χ0v) is 10.9. The Morgan fingerprint density at radius 1 is 1.53 bits per heavy atom. The summed E-state index contributed by atoms with van der Waals surface area (Å²) in [6.07, 6.45) is -1.49. The van der Waals surface area contributed by atoms with Crippen molar-refractivity contribution in [3.8, 4) is 0 Å². The maximum atomic E-state index is 12.2. The lowest BCUT2D eigenvalue weighted by Crippen LogP contribution is -2.33. The van der Waals surface area contributed by atoms with Gasteiger partial charge in [-0.3, -0.25) is 10.00 Å². The fraction of sp³-hybridized carbons (Fsp3) is 0.750. The molecular formula is C12H19F3N4. The molecule has 2 heterocycles. The van der Waals surface area contributed by atoms with Crippen LogP contribution in [0, 0.1) is 12.8 Å². The summed E-state index contributed by atoms with van der Waals surface area (Å²) in [6, 6.07) is 0.